The number of aryl methyl sites for hydroxylation is 2. The van der Waals surface area contributed by atoms with Gasteiger partial charge in [-0.2, -0.15) is 0 Å². The summed E-state index contributed by atoms with van der Waals surface area (Å²) in [7, 11) is 1.51. The lowest BCUT2D eigenvalue weighted by Gasteiger charge is -2.20. The van der Waals surface area contributed by atoms with Crippen molar-refractivity contribution in [1.29, 1.82) is 0 Å². The number of nitrogens with one attached hydrogen (secondary N) is 1. The zero-order chi connectivity index (χ0) is 21.8. The molecule has 3 aromatic carbocycles. The summed E-state index contributed by atoms with van der Waals surface area (Å²) in [5, 5.41) is 4.79. The van der Waals surface area contributed by atoms with Gasteiger partial charge in [-0.25, -0.2) is 4.79 Å². The molecule has 0 aliphatic heterocycles. The molecular weight excluding hydrogens is 390 g/mol. The topological polar surface area (TPSA) is 64.6 Å². The van der Waals surface area contributed by atoms with Crippen LogP contribution in [0.2, 0.25) is 0 Å². The van der Waals surface area contributed by atoms with E-state index >= 15 is 0 Å². The number of esters is 1. The minimum Gasteiger partial charge on any atom is -0.496 e. The molecule has 1 aliphatic carbocycles. The normalized spacial score (nSPS) is 13.9. The van der Waals surface area contributed by atoms with Gasteiger partial charge in [-0.1, -0.05) is 42.5 Å². The number of ether oxygens (including phenoxy) is 2. The predicted octanol–water partition coefficient (Wildman–Crippen LogP) is 4.76. The Balaban J connectivity index is 1.38. The summed E-state index contributed by atoms with van der Waals surface area (Å²) in [5.74, 6) is -0.496. The van der Waals surface area contributed by atoms with Crippen molar-refractivity contribution in [3.8, 4) is 5.75 Å². The molecule has 1 aliphatic rings. The van der Waals surface area contributed by atoms with Gasteiger partial charge in [0.05, 0.1) is 13.2 Å². The first kappa shape index (κ1) is 20.9. The summed E-state index contributed by atoms with van der Waals surface area (Å²) >= 11 is 0. The third-order valence-electron chi connectivity index (χ3n) is 5.87. The van der Waals surface area contributed by atoms with Gasteiger partial charge in [0.2, 0.25) is 0 Å². The predicted molar refractivity (Wildman–Crippen MR) is 120 cm³/mol. The summed E-state index contributed by atoms with van der Waals surface area (Å²) < 4.78 is 10.6. The molecule has 1 atom stereocenters. The third kappa shape index (κ3) is 4.71. The summed E-state index contributed by atoms with van der Waals surface area (Å²) in [6, 6.07) is 17.5. The van der Waals surface area contributed by atoms with E-state index in [-0.39, 0.29) is 18.6 Å². The fraction of sp³-hybridized carbons (Fsp3) is 0.308. The maximum atomic E-state index is 12.6. The Morgan fingerprint density at radius 3 is 2.42 bits per heavy atom. The van der Waals surface area contributed by atoms with E-state index in [9.17, 15) is 9.59 Å². The molecule has 5 heteroatoms. The largest absolute Gasteiger partial charge is 0.496 e. The van der Waals surface area contributed by atoms with Crippen LogP contribution < -0.4 is 10.1 Å². The monoisotopic (exact) mass is 417 g/mol. The first-order chi connectivity index (χ1) is 15.0. The van der Waals surface area contributed by atoms with E-state index in [0.29, 0.717) is 11.3 Å². The molecule has 3 aromatic rings. The molecule has 4 rings (SSSR count). The van der Waals surface area contributed by atoms with Crippen molar-refractivity contribution in [2.45, 2.75) is 38.6 Å². The Hall–Kier alpha value is -3.34. The highest BCUT2D eigenvalue weighted by Gasteiger charge is 2.18. The van der Waals surface area contributed by atoms with E-state index in [1.54, 1.807) is 12.1 Å². The molecule has 0 bridgehead atoms. The Morgan fingerprint density at radius 2 is 1.68 bits per heavy atom. The summed E-state index contributed by atoms with van der Waals surface area (Å²) in [4.78, 5) is 25.0. The van der Waals surface area contributed by atoms with Gasteiger partial charge >= 0.3 is 5.97 Å². The summed E-state index contributed by atoms with van der Waals surface area (Å²) in [6.07, 6.45) is 4.68. The minimum atomic E-state index is -0.584. The van der Waals surface area contributed by atoms with Crippen LogP contribution in [0.15, 0.2) is 54.6 Å². The number of hydrogen-bond acceptors (Lipinski definition) is 4. The SMILES string of the molecule is COc1cc2ccccc2cc1C(=O)OCC(=O)NC(C)c1ccc2c(c1)CCCC2. The quantitative estimate of drug-likeness (QED) is 0.587. The Kier molecular flexibility index (Phi) is 6.21. The molecule has 0 saturated carbocycles. The second-order valence-corrected chi connectivity index (χ2v) is 8.00. The second-order valence-electron chi connectivity index (χ2n) is 8.00. The fourth-order valence-corrected chi connectivity index (χ4v) is 4.15. The minimum absolute atomic E-state index is 0.159. The van der Waals surface area contributed by atoms with Crippen molar-refractivity contribution >= 4 is 22.6 Å². The zero-order valence-electron chi connectivity index (χ0n) is 17.9. The maximum Gasteiger partial charge on any atom is 0.342 e. The van der Waals surface area contributed by atoms with Crippen LogP contribution in [0.3, 0.4) is 0 Å². The van der Waals surface area contributed by atoms with Gasteiger partial charge in [0.15, 0.2) is 6.61 Å². The van der Waals surface area contributed by atoms with E-state index < -0.39 is 5.97 Å². The van der Waals surface area contributed by atoms with Crippen LogP contribution in [-0.4, -0.2) is 25.6 Å². The number of benzene rings is 3. The van der Waals surface area contributed by atoms with Gasteiger partial charge in [-0.05, 0) is 72.2 Å². The highest BCUT2D eigenvalue weighted by Crippen LogP contribution is 2.27. The number of methoxy groups -OCH3 is 1. The molecule has 31 heavy (non-hydrogen) atoms. The van der Waals surface area contributed by atoms with Crippen molar-refractivity contribution in [1.82, 2.24) is 5.32 Å². The number of carbonyl (C=O) groups is 2. The molecule has 1 amide bonds. The van der Waals surface area contributed by atoms with Crippen LogP contribution >= 0.6 is 0 Å². The molecule has 1 unspecified atom stereocenters. The van der Waals surface area contributed by atoms with Gasteiger partial charge in [0.1, 0.15) is 11.3 Å². The standard InChI is InChI=1S/C26H27NO4/c1-17(19-12-11-18-7-3-4-8-20(18)13-19)27-25(28)16-31-26(29)23-14-21-9-5-6-10-22(21)15-24(23)30-2/h5-6,9-15,17H,3-4,7-8,16H2,1-2H3,(H,27,28). The van der Waals surface area contributed by atoms with Crippen LogP contribution in [0.1, 0.15) is 52.9 Å². The number of rotatable bonds is 6. The molecule has 0 fully saturated rings. The van der Waals surface area contributed by atoms with Crippen LogP contribution in [-0.2, 0) is 22.4 Å². The van der Waals surface area contributed by atoms with Crippen LogP contribution in [0.5, 0.6) is 5.75 Å². The van der Waals surface area contributed by atoms with E-state index in [2.05, 4.69) is 23.5 Å². The van der Waals surface area contributed by atoms with Crippen LogP contribution in [0, 0.1) is 0 Å². The molecule has 0 heterocycles. The van der Waals surface area contributed by atoms with E-state index in [1.807, 2.05) is 31.2 Å². The van der Waals surface area contributed by atoms with Crippen molar-refractivity contribution < 1.29 is 19.1 Å². The third-order valence-corrected chi connectivity index (χ3v) is 5.87. The molecule has 0 saturated heterocycles. The average Bonchev–Trinajstić information content (AvgIpc) is 2.81. The fourth-order valence-electron chi connectivity index (χ4n) is 4.15. The molecule has 1 N–H and O–H groups in total. The highest BCUT2D eigenvalue weighted by atomic mass is 16.5. The number of amides is 1. The Morgan fingerprint density at radius 1 is 0.968 bits per heavy atom. The second kappa shape index (κ2) is 9.21. The van der Waals surface area contributed by atoms with E-state index in [4.69, 9.17) is 9.47 Å². The van der Waals surface area contributed by atoms with Crippen molar-refractivity contribution in [3.63, 3.8) is 0 Å². The molecule has 0 spiro atoms. The van der Waals surface area contributed by atoms with E-state index in [0.717, 1.165) is 29.2 Å². The lowest BCUT2D eigenvalue weighted by atomic mass is 9.89. The van der Waals surface area contributed by atoms with Gasteiger partial charge in [0, 0.05) is 0 Å². The lowest BCUT2D eigenvalue weighted by molar-refractivity contribution is -0.124. The molecule has 160 valence electrons. The molecule has 5 nitrogen and oxygen atoms in total. The first-order valence-corrected chi connectivity index (χ1v) is 10.7. The van der Waals surface area contributed by atoms with Crippen molar-refractivity contribution in [3.05, 3.63) is 76.9 Å². The number of carbonyl (C=O) groups excluding carboxylic acids is 2. The first-order valence-electron chi connectivity index (χ1n) is 10.7. The number of fused-ring (bicyclic) bond motifs is 2. The molecule has 0 aromatic heterocycles. The zero-order valence-corrected chi connectivity index (χ0v) is 17.9. The average molecular weight is 418 g/mol. The lowest BCUT2D eigenvalue weighted by Crippen LogP contribution is -2.31. The van der Waals surface area contributed by atoms with Gasteiger partial charge < -0.3 is 14.8 Å². The van der Waals surface area contributed by atoms with Crippen LogP contribution in [0.25, 0.3) is 10.8 Å². The van der Waals surface area contributed by atoms with Gasteiger partial charge in [-0.15, -0.1) is 0 Å². The highest BCUT2D eigenvalue weighted by molar-refractivity contribution is 5.99. The Bertz CT molecular complexity index is 1120. The number of hydrogen-bond donors (Lipinski definition) is 1. The smallest absolute Gasteiger partial charge is 0.342 e. The Labute approximate surface area is 182 Å². The van der Waals surface area contributed by atoms with E-state index in [1.165, 1.54) is 31.1 Å². The van der Waals surface area contributed by atoms with Gasteiger partial charge in [0.25, 0.3) is 5.91 Å². The summed E-state index contributed by atoms with van der Waals surface area (Å²) in [6.45, 7) is 1.60. The maximum absolute atomic E-state index is 12.6. The van der Waals surface area contributed by atoms with Crippen molar-refractivity contribution in [2.24, 2.45) is 0 Å². The van der Waals surface area contributed by atoms with Crippen LogP contribution in [0.4, 0.5) is 0 Å². The summed E-state index contributed by atoms with van der Waals surface area (Å²) in [5.41, 5.74) is 4.15. The van der Waals surface area contributed by atoms with Gasteiger partial charge in [-0.3, -0.25) is 4.79 Å². The molecular formula is C26H27NO4. The molecule has 0 radical (unpaired) electrons. The van der Waals surface area contributed by atoms with Crippen molar-refractivity contribution in [2.75, 3.05) is 13.7 Å².